The first-order valence-corrected chi connectivity index (χ1v) is 9.73. The Labute approximate surface area is 180 Å². The third-order valence-electron chi connectivity index (χ3n) is 4.78. The van der Waals surface area contributed by atoms with Gasteiger partial charge in [-0.15, -0.1) is 10.2 Å². The van der Waals surface area contributed by atoms with Crippen molar-refractivity contribution in [3.8, 4) is 17.2 Å². The molecule has 1 aromatic heterocycles. The van der Waals surface area contributed by atoms with Gasteiger partial charge in [-0.1, -0.05) is 0 Å². The molecule has 0 radical (unpaired) electrons. The van der Waals surface area contributed by atoms with Crippen LogP contribution in [-0.2, 0) is 15.7 Å². The van der Waals surface area contributed by atoms with Gasteiger partial charge in [-0.3, -0.25) is 4.79 Å². The monoisotopic (exact) mass is 448 g/mol. The Morgan fingerprint density at radius 3 is 2.53 bits per heavy atom. The molecule has 2 aromatic carbocycles. The predicted molar refractivity (Wildman–Crippen MR) is 108 cm³/mol. The molecule has 0 atom stereocenters. The van der Waals surface area contributed by atoms with Crippen LogP contribution in [0, 0.1) is 0 Å². The zero-order chi connectivity index (χ0) is 22.6. The van der Waals surface area contributed by atoms with Crippen LogP contribution in [0.15, 0.2) is 53.3 Å². The van der Waals surface area contributed by atoms with Crippen LogP contribution in [0.2, 0.25) is 0 Å². The number of morpholine rings is 1. The molecule has 0 bridgehead atoms. The summed E-state index contributed by atoms with van der Waals surface area (Å²) in [7, 11) is 0. The van der Waals surface area contributed by atoms with Gasteiger partial charge in [0.2, 0.25) is 12.3 Å². The summed E-state index contributed by atoms with van der Waals surface area (Å²) in [5, 5.41) is 9.94. The number of nitrogens with one attached hydrogen (secondary N) is 1. The van der Waals surface area contributed by atoms with E-state index in [4.69, 9.17) is 13.9 Å². The molecule has 0 saturated carbocycles. The number of rotatable bonds is 6. The highest BCUT2D eigenvalue weighted by molar-refractivity contribution is 5.95. The van der Waals surface area contributed by atoms with Crippen molar-refractivity contribution in [2.24, 2.45) is 0 Å². The largest absolute Gasteiger partial charge is 0.484 e. The Hall–Kier alpha value is -3.60. The van der Waals surface area contributed by atoms with Gasteiger partial charge in [0.1, 0.15) is 5.75 Å². The summed E-state index contributed by atoms with van der Waals surface area (Å²) < 4.78 is 55.4. The minimum absolute atomic E-state index is 0.0714. The SMILES string of the molecule is O=C(COc1ccc(-c2nnco2)cc1)Nc1cc(C(F)(F)F)ccc1N1CCOCC1. The third-order valence-corrected chi connectivity index (χ3v) is 4.78. The molecule has 168 valence electrons. The van der Waals surface area contributed by atoms with Crippen molar-refractivity contribution in [3.63, 3.8) is 0 Å². The fraction of sp³-hybridized carbons (Fsp3) is 0.286. The van der Waals surface area contributed by atoms with Crippen LogP contribution in [0.5, 0.6) is 5.75 Å². The molecule has 0 unspecified atom stereocenters. The molecular weight excluding hydrogens is 429 g/mol. The van der Waals surface area contributed by atoms with Crippen LogP contribution in [0.4, 0.5) is 24.5 Å². The minimum atomic E-state index is -4.53. The molecule has 4 rings (SSSR count). The topological polar surface area (TPSA) is 89.7 Å². The van der Waals surface area contributed by atoms with Crippen LogP contribution in [0.3, 0.4) is 0 Å². The molecular formula is C21H19F3N4O4. The van der Waals surface area contributed by atoms with Crippen molar-refractivity contribution in [2.75, 3.05) is 43.1 Å². The van der Waals surface area contributed by atoms with Crippen LogP contribution < -0.4 is 15.0 Å². The van der Waals surface area contributed by atoms with E-state index in [1.54, 1.807) is 24.3 Å². The lowest BCUT2D eigenvalue weighted by molar-refractivity contribution is -0.137. The average Bonchev–Trinajstić information content (AvgIpc) is 3.33. The minimum Gasteiger partial charge on any atom is -0.484 e. The fourth-order valence-corrected chi connectivity index (χ4v) is 3.22. The maximum absolute atomic E-state index is 13.2. The van der Waals surface area contributed by atoms with Gasteiger partial charge in [0.05, 0.1) is 30.2 Å². The first-order chi connectivity index (χ1) is 15.4. The summed E-state index contributed by atoms with van der Waals surface area (Å²) in [5.74, 6) is 0.162. The van der Waals surface area contributed by atoms with E-state index in [-0.39, 0.29) is 12.3 Å². The Morgan fingerprint density at radius 1 is 1.12 bits per heavy atom. The lowest BCUT2D eigenvalue weighted by Gasteiger charge is -2.31. The number of ether oxygens (including phenoxy) is 2. The van der Waals surface area contributed by atoms with Gasteiger partial charge in [0.15, 0.2) is 6.61 Å². The summed E-state index contributed by atoms with van der Waals surface area (Å²) >= 11 is 0. The number of nitrogens with zero attached hydrogens (tertiary/aromatic N) is 3. The maximum Gasteiger partial charge on any atom is 0.416 e. The normalized spacial score (nSPS) is 14.3. The number of hydrogen-bond donors (Lipinski definition) is 1. The molecule has 32 heavy (non-hydrogen) atoms. The summed E-state index contributed by atoms with van der Waals surface area (Å²) in [5.41, 5.74) is 0.404. The smallest absolute Gasteiger partial charge is 0.416 e. The molecule has 1 aliphatic rings. The highest BCUT2D eigenvalue weighted by atomic mass is 19.4. The summed E-state index contributed by atoms with van der Waals surface area (Å²) in [6.07, 6.45) is -3.32. The lowest BCUT2D eigenvalue weighted by Crippen LogP contribution is -2.37. The van der Waals surface area contributed by atoms with Gasteiger partial charge in [-0.05, 0) is 42.5 Å². The van der Waals surface area contributed by atoms with Crippen molar-refractivity contribution in [1.82, 2.24) is 10.2 Å². The van der Waals surface area contributed by atoms with Gasteiger partial charge in [0, 0.05) is 18.7 Å². The lowest BCUT2D eigenvalue weighted by atomic mass is 10.1. The number of carbonyl (C=O) groups excluding carboxylic acids is 1. The summed E-state index contributed by atoms with van der Waals surface area (Å²) in [6.45, 7) is 1.56. The van der Waals surface area contributed by atoms with Gasteiger partial charge < -0.3 is 24.1 Å². The summed E-state index contributed by atoms with van der Waals surface area (Å²) in [4.78, 5) is 14.3. The molecule has 1 aliphatic heterocycles. The number of alkyl halides is 3. The van der Waals surface area contributed by atoms with Gasteiger partial charge in [-0.25, -0.2) is 0 Å². The second kappa shape index (κ2) is 9.27. The highest BCUT2D eigenvalue weighted by Gasteiger charge is 2.32. The van der Waals surface area contributed by atoms with Crippen LogP contribution >= 0.6 is 0 Å². The first kappa shape index (κ1) is 21.6. The molecule has 1 N–H and O–H groups in total. The van der Waals surface area contributed by atoms with Crippen LogP contribution in [0.1, 0.15) is 5.56 Å². The zero-order valence-electron chi connectivity index (χ0n) is 16.8. The quantitative estimate of drug-likeness (QED) is 0.616. The van der Waals surface area contributed by atoms with E-state index in [1.807, 2.05) is 4.90 Å². The van der Waals surface area contributed by atoms with Gasteiger partial charge in [0.25, 0.3) is 5.91 Å². The Balaban J connectivity index is 1.44. The molecule has 0 aliphatic carbocycles. The van der Waals surface area contributed by atoms with Crippen molar-refractivity contribution < 1.29 is 31.9 Å². The van der Waals surface area contributed by atoms with E-state index in [0.717, 1.165) is 12.1 Å². The van der Waals surface area contributed by atoms with Crippen molar-refractivity contribution >= 4 is 17.3 Å². The Kier molecular flexibility index (Phi) is 6.26. The Morgan fingerprint density at radius 2 is 1.88 bits per heavy atom. The van der Waals surface area contributed by atoms with E-state index >= 15 is 0 Å². The molecule has 2 heterocycles. The Bertz CT molecular complexity index is 1050. The van der Waals surface area contributed by atoms with Gasteiger partial charge >= 0.3 is 6.18 Å². The first-order valence-electron chi connectivity index (χ1n) is 9.73. The van der Waals surface area contributed by atoms with Crippen molar-refractivity contribution in [1.29, 1.82) is 0 Å². The second-order valence-electron chi connectivity index (χ2n) is 6.93. The average molecular weight is 448 g/mol. The molecule has 1 fully saturated rings. The number of amides is 1. The fourth-order valence-electron chi connectivity index (χ4n) is 3.22. The van der Waals surface area contributed by atoms with Crippen molar-refractivity contribution in [2.45, 2.75) is 6.18 Å². The van der Waals surface area contributed by atoms with Gasteiger partial charge in [-0.2, -0.15) is 13.2 Å². The predicted octanol–water partition coefficient (Wildman–Crippen LogP) is 3.61. The zero-order valence-corrected chi connectivity index (χ0v) is 16.8. The molecule has 11 heteroatoms. The van der Waals surface area contributed by atoms with Crippen molar-refractivity contribution in [3.05, 3.63) is 54.4 Å². The second-order valence-corrected chi connectivity index (χ2v) is 6.93. The number of anilines is 2. The maximum atomic E-state index is 13.2. The molecule has 1 saturated heterocycles. The molecule has 8 nitrogen and oxygen atoms in total. The standard InChI is InChI=1S/C21H19F3N4O4/c22-21(23,24)15-3-6-18(28-7-9-30-10-8-28)17(11-15)26-19(29)12-31-16-4-1-14(2-5-16)20-27-25-13-32-20/h1-6,11,13H,7-10,12H2,(H,26,29). The third kappa shape index (κ3) is 5.17. The van der Waals surface area contributed by atoms with E-state index < -0.39 is 17.6 Å². The highest BCUT2D eigenvalue weighted by Crippen LogP contribution is 2.35. The number of halogens is 3. The van der Waals surface area contributed by atoms with Crippen LogP contribution in [0.25, 0.3) is 11.5 Å². The number of aromatic nitrogens is 2. The van der Waals surface area contributed by atoms with E-state index in [2.05, 4.69) is 15.5 Å². The number of carbonyl (C=O) groups is 1. The van der Waals surface area contributed by atoms with E-state index in [9.17, 15) is 18.0 Å². The molecule has 0 spiro atoms. The van der Waals surface area contributed by atoms with E-state index in [0.29, 0.717) is 49.2 Å². The van der Waals surface area contributed by atoms with E-state index in [1.165, 1.54) is 12.5 Å². The summed E-state index contributed by atoms with van der Waals surface area (Å²) in [6, 6.07) is 9.91. The number of hydrogen-bond acceptors (Lipinski definition) is 7. The molecule has 1 amide bonds. The molecule has 3 aromatic rings. The van der Waals surface area contributed by atoms with Crippen LogP contribution in [-0.4, -0.2) is 49.0 Å². The number of benzene rings is 2.